The summed E-state index contributed by atoms with van der Waals surface area (Å²) in [5, 5.41) is 12.7. The lowest BCUT2D eigenvalue weighted by molar-refractivity contribution is -0.384. The van der Waals surface area contributed by atoms with Gasteiger partial charge in [0.05, 0.1) is 15.0 Å². The first kappa shape index (κ1) is 10.2. The zero-order valence-corrected chi connectivity index (χ0v) is 8.92. The first-order valence-corrected chi connectivity index (χ1v) is 4.87. The molecule has 76 valence electrons. The predicted octanol–water partition coefficient (Wildman–Crippen LogP) is 4.05. The maximum atomic E-state index is 10.6. The van der Waals surface area contributed by atoms with Crippen LogP contribution in [0.15, 0.2) is 30.3 Å². The molecule has 5 heteroatoms. The highest BCUT2D eigenvalue weighted by molar-refractivity contribution is 6.45. The Morgan fingerprint density at radius 2 is 1.80 bits per heavy atom. The zero-order chi connectivity index (χ0) is 11.0. The topological polar surface area (TPSA) is 43.1 Å². The highest BCUT2D eigenvalue weighted by Crippen LogP contribution is 2.32. The second kappa shape index (κ2) is 3.68. The van der Waals surface area contributed by atoms with Crippen molar-refractivity contribution in [1.82, 2.24) is 0 Å². The Balaban J connectivity index is 2.79. The molecule has 2 aromatic carbocycles. The maximum Gasteiger partial charge on any atom is 0.270 e. The van der Waals surface area contributed by atoms with Crippen molar-refractivity contribution >= 4 is 39.7 Å². The molecule has 0 N–H and O–H groups in total. The van der Waals surface area contributed by atoms with Crippen molar-refractivity contribution in [2.75, 3.05) is 0 Å². The van der Waals surface area contributed by atoms with Crippen LogP contribution in [0.1, 0.15) is 0 Å². The standard InChI is InChI=1S/C10H5Cl2NO2/c11-9-4-2-6-1-3-7(13(14)15)5-8(6)10(9)12/h1-5H. The quantitative estimate of drug-likeness (QED) is 0.559. The number of non-ortho nitro benzene ring substituents is 1. The van der Waals surface area contributed by atoms with Crippen molar-refractivity contribution < 1.29 is 4.92 Å². The van der Waals surface area contributed by atoms with Crippen molar-refractivity contribution in [3.05, 3.63) is 50.5 Å². The van der Waals surface area contributed by atoms with Crippen LogP contribution in [0.25, 0.3) is 10.8 Å². The molecule has 0 aliphatic rings. The summed E-state index contributed by atoms with van der Waals surface area (Å²) in [6, 6.07) is 7.94. The average Bonchev–Trinajstić information content (AvgIpc) is 2.23. The molecule has 0 heterocycles. The molecule has 0 radical (unpaired) electrons. The number of nitro groups is 1. The summed E-state index contributed by atoms with van der Waals surface area (Å²) in [4.78, 5) is 10.1. The second-order valence-corrected chi connectivity index (χ2v) is 3.81. The number of hydrogen-bond acceptors (Lipinski definition) is 2. The first-order chi connectivity index (χ1) is 7.09. The van der Waals surface area contributed by atoms with E-state index in [1.165, 1.54) is 12.1 Å². The third-order valence-electron chi connectivity index (χ3n) is 2.10. The van der Waals surface area contributed by atoms with Crippen molar-refractivity contribution in [1.29, 1.82) is 0 Å². The number of rotatable bonds is 1. The Bertz CT molecular complexity index is 554. The van der Waals surface area contributed by atoms with Gasteiger partial charge in [-0.05, 0) is 17.5 Å². The van der Waals surface area contributed by atoms with Crippen molar-refractivity contribution in [3.8, 4) is 0 Å². The molecule has 0 aliphatic carbocycles. The van der Waals surface area contributed by atoms with Gasteiger partial charge in [-0.2, -0.15) is 0 Å². The monoisotopic (exact) mass is 241 g/mol. The van der Waals surface area contributed by atoms with Gasteiger partial charge in [0.25, 0.3) is 5.69 Å². The van der Waals surface area contributed by atoms with E-state index in [4.69, 9.17) is 23.2 Å². The molecule has 0 unspecified atom stereocenters. The van der Waals surface area contributed by atoms with Crippen molar-refractivity contribution in [2.24, 2.45) is 0 Å². The lowest BCUT2D eigenvalue weighted by Gasteiger charge is -2.01. The SMILES string of the molecule is O=[N+]([O-])c1ccc2ccc(Cl)c(Cl)c2c1. The van der Waals surface area contributed by atoms with Gasteiger partial charge in [-0.1, -0.05) is 29.3 Å². The van der Waals surface area contributed by atoms with Gasteiger partial charge in [-0.15, -0.1) is 0 Å². The Morgan fingerprint density at radius 1 is 1.13 bits per heavy atom. The van der Waals surface area contributed by atoms with E-state index in [-0.39, 0.29) is 5.69 Å². The van der Waals surface area contributed by atoms with Crippen LogP contribution in [0.2, 0.25) is 10.0 Å². The van der Waals surface area contributed by atoms with E-state index < -0.39 is 4.92 Å². The Labute approximate surface area is 95.4 Å². The van der Waals surface area contributed by atoms with Crippen LogP contribution in [0, 0.1) is 10.1 Å². The summed E-state index contributed by atoms with van der Waals surface area (Å²) in [5.74, 6) is 0. The molecular weight excluding hydrogens is 237 g/mol. The lowest BCUT2D eigenvalue weighted by atomic mass is 10.1. The van der Waals surface area contributed by atoms with Gasteiger partial charge in [-0.25, -0.2) is 0 Å². The average molecular weight is 242 g/mol. The van der Waals surface area contributed by atoms with Crippen molar-refractivity contribution in [3.63, 3.8) is 0 Å². The molecular formula is C10H5Cl2NO2. The van der Waals surface area contributed by atoms with Crippen LogP contribution in [-0.2, 0) is 0 Å². The highest BCUT2D eigenvalue weighted by Gasteiger charge is 2.09. The summed E-state index contributed by atoms with van der Waals surface area (Å²) in [5.41, 5.74) is 0.00617. The number of fused-ring (bicyclic) bond motifs is 1. The van der Waals surface area contributed by atoms with Crippen LogP contribution >= 0.6 is 23.2 Å². The van der Waals surface area contributed by atoms with Crippen molar-refractivity contribution in [2.45, 2.75) is 0 Å². The normalized spacial score (nSPS) is 10.5. The third kappa shape index (κ3) is 1.76. The summed E-state index contributed by atoms with van der Waals surface area (Å²) in [6.07, 6.45) is 0. The lowest BCUT2D eigenvalue weighted by Crippen LogP contribution is -1.87. The van der Waals surface area contributed by atoms with Gasteiger partial charge >= 0.3 is 0 Å². The summed E-state index contributed by atoms with van der Waals surface area (Å²) < 4.78 is 0. The summed E-state index contributed by atoms with van der Waals surface area (Å²) >= 11 is 11.8. The number of nitro benzene ring substituents is 1. The largest absolute Gasteiger partial charge is 0.270 e. The third-order valence-corrected chi connectivity index (χ3v) is 2.92. The predicted molar refractivity (Wildman–Crippen MR) is 60.6 cm³/mol. The van der Waals surface area contributed by atoms with Gasteiger partial charge in [0, 0.05) is 17.5 Å². The van der Waals surface area contributed by atoms with E-state index in [1.807, 2.05) is 0 Å². The highest BCUT2D eigenvalue weighted by atomic mass is 35.5. The van der Waals surface area contributed by atoms with Crippen LogP contribution in [0.5, 0.6) is 0 Å². The molecule has 0 aromatic heterocycles. The van der Waals surface area contributed by atoms with Gasteiger partial charge in [0.2, 0.25) is 0 Å². The van der Waals surface area contributed by atoms with Crippen LogP contribution in [-0.4, -0.2) is 4.92 Å². The first-order valence-electron chi connectivity index (χ1n) is 4.12. The molecule has 0 saturated heterocycles. The van der Waals surface area contributed by atoms with Gasteiger partial charge < -0.3 is 0 Å². The number of nitrogens with zero attached hydrogens (tertiary/aromatic N) is 1. The van der Waals surface area contributed by atoms with Crippen LogP contribution < -0.4 is 0 Å². The zero-order valence-electron chi connectivity index (χ0n) is 7.41. The second-order valence-electron chi connectivity index (χ2n) is 3.02. The molecule has 2 aromatic rings. The number of halogens is 2. The fourth-order valence-corrected chi connectivity index (χ4v) is 1.75. The smallest absolute Gasteiger partial charge is 0.258 e. The fourth-order valence-electron chi connectivity index (χ4n) is 1.36. The summed E-state index contributed by atoms with van der Waals surface area (Å²) in [6.45, 7) is 0. The molecule has 0 fully saturated rings. The molecule has 2 rings (SSSR count). The van der Waals surface area contributed by atoms with Gasteiger partial charge in [0.15, 0.2) is 0 Å². The van der Waals surface area contributed by atoms with Gasteiger partial charge in [-0.3, -0.25) is 10.1 Å². The molecule has 3 nitrogen and oxygen atoms in total. The van der Waals surface area contributed by atoms with Crippen LogP contribution in [0.4, 0.5) is 5.69 Å². The van der Waals surface area contributed by atoms with Gasteiger partial charge in [0.1, 0.15) is 0 Å². The van der Waals surface area contributed by atoms with E-state index in [0.717, 1.165) is 5.39 Å². The minimum atomic E-state index is -0.462. The van der Waals surface area contributed by atoms with E-state index in [9.17, 15) is 10.1 Å². The Hall–Kier alpha value is -1.32. The maximum absolute atomic E-state index is 10.6. The molecule has 0 bridgehead atoms. The fraction of sp³-hybridized carbons (Fsp3) is 0. The Kier molecular flexibility index (Phi) is 2.50. The molecule has 0 spiro atoms. The molecule has 0 atom stereocenters. The van der Waals surface area contributed by atoms with Crippen LogP contribution in [0.3, 0.4) is 0 Å². The minimum Gasteiger partial charge on any atom is -0.258 e. The Morgan fingerprint density at radius 3 is 2.47 bits per heavy atom. The number of benzene rings is 2. The molecule has 0 amide bonds. The summed E-state index contributed by atoms with van der Waals surface area (Å²) in [7, 11) is 0. The molecule has 0 aliphatic heterocycles. The molecule has 15 heavy (non-hydrogen) atoms. The van der Waals surface area contributed by atoms with E-state index in [0.29, 0.717) is 15.4 Å². The molecule has 0 saturated carbocycles. The van der Waals surface area contributed by atoms with E-state index >= 15 is 0 Å². The minimum absolute atomic E-state index is 0.00617. The number of hydrogen-bond donors (Lipinski definition) is 0. The van der Waals surface area contributed by atoms with E-state index in [1.54, 1.807) is 18.2 Å². The van der Waals surface area contributed by atoms with E-state index in [2.05, 4.69) is 0 Å².